The molecule has 3 rings (SSSR count). The molecule has 6 heteroatoms. The van der Waals surface area contributed by atoms with E-state index in [1.807, 2.05) is 32.0 Å². The average Bonchev–Trinajstić information content (AvgIpc) is 2.85. The third kappa shape index (κ3) is 3.24. The molecular formula is C15H24Cl2N2O2. The molecule has 0 aromatic heterocycles. The Labute approximate surface area is 138 Å². The normalized spacial score (nSPS) is 27.0. The number of ether oxygens (including phenoxy) is 1. The number of aliphatic hydroxyl groups is 1. The lowest BCUT2D eigenvalue weighted by molar-refractivity contribution is -0.0894. The number of fused-ring (bicyclic) bond motifs is 1. The Hall–Kier alpha value is -0.680. The van der Waals surface area contributed by atoms with Crippen molar-refractivity contribution in [3.63, 3.8) is 0 Å². The standard InChI is InChI=1S/C15H22N2O2.2ClH/c1-15(2)14(18)13(17-7-3-4-8-17)11-9-10(16)5-6-12(11)19-15;;/h5-6,9,13-14,18H,3-4,7-8,16H2,1-2H3;2*1H/t13-,14+;;/m1../s1. The van der Waals surface area contributed by atoms with Gasteiger partial charge in [-0.15, -0.1) is 24.8 Å². The van der Waals surface area contributed by atoms with Crippen molar-refractivity contribution in [3.05, 3.63) is 23.8 Å². The maximum Gasteiger partial charge on any atom is 0.131 e. The van der Waals surface area contributed by atoms with E-state index >= 15 is 0 Å². The van der Waals surface area contributed by atoms with Crippen LogP contribution in [0.1, 0.15) is 38.3 Å². The third-order valence-corrected chi connectivity index (χ3v) is 4.27. The average molecular weight is 335 g/mol. The molecule has 1 aromatic carbocycles. The van der Waals surface area contributed by atoms with Crippen LogP contribution in [0.3, 0.4) is 0 Å². The molecule has 1 saturated heterocycles. The summed E-state index contributed by atoms with van der Waals surface area (Å²) in [6.07, 6.45) is 1.85. The van der Waals surface area contributed by atoms with Crippen molar-refractivity contribution in [1.29, 1.82) is 0 Å². The maximum atomic E-state index is 10.7. The Kier molecular flexibility index (Phi) is 5.78. The van der Waals surface area contributed by atoms with E-state index in [2.05, 4.69) is 4.90 Å². The van der Waals surface area contributed by atoms with Crippen LogP contribution in [-0.4, -0.2) is 34.8 Å². The molecule has 120 valence electrons. The largest absolute Gasteiger partial charge is 0.485 e. The number of hydrogen-bond donors (Lipinski definition) is 2. The van der Waals surface area contributed by atoms with Crippen LogP contribution in [0.15, 0.2) is 18.2 Å². The molecular weight excluding hydrogens is 311 g/mol. The van der Waals surface area contributed by atoms with Gasteiger partial charge in [0.1, 0.15) is 17.5 Å². The van der Waals surface area contributed by atoms with Gasteiger partial charge in [-0.1, -0.05) is 0 Å². The molecule has 0 radical (unpaired) electrons. The fourth-order valence-electron chi connectivity index (χ4n) is 3.20. The van der Waals surface area contributed by atoms with Crippen molar-refractivity contribution < 1.29 is 9.84 Å². The van der Waals surface area contributed by atoms with Crippen LogP contribution in [0.4, 0.5) is 5.69 Å². The Bertz CT molecular complexity index is 491. The highest BCUT2D eigenvalue weighted by atomic mass is 35.5. The molecule has 0 unspecified atom stereocenters. The van der Waals surface area contributed by atoms with E-state index in [0.29, 0.717) is 0 Å². The molecule has 1 fully saturated rings. The van der Waals surface area contributed by atoms with E-state index in [0.717, 1.165) is 30.1 Å². The minimum atomic E-state index is -0.573. The molecule has 0 aliphatic carbocycles. The van der Waals surface area contributed by atoms with Crippen molar-refractivity contribution in [3.8, 4) is 5.75 Å². The summed E-state index contributed by atoms with van der Waals surface area (Å²) >= 11 is 0. The fraction of sp³-hybridized carbons (Fsp3) is 0.600. The van der Waals surface area contributed by atoms with Crippen LogP contribution < -0.4 is 10.5 Å². The zero-order chi connectivity index (χ0) is 13.6. The summed E-state index contributed by atoms with van der Waals surface area (Å²) in [6.45, 7) is 5.96. The molecule has 4 nitrogen and oxygen atoms in total. The number of halogens is 2. The number of nitrogens with two attached hydrogens (primary N) is 1. The molecule has 21 heavy (non-hydrogen) atoms. The monoisotopic (exact) mass is 334 g/mol. The van der Waals surface area contributed by atoms with Gasteiger partial charge in [0, 0.05) is 11.3 Å². The molecule has 0 bridgehead atoms. The minimum absolute atomic E-state index is 0. The topological polar surface area (TPSA) is 58.7 Å². The van der Waals surface area contributed by atoms with E-state index in [9.17, 15) is 5.11 Å². The second-order valence-electron chi connectivity index (χ2n) is 6.14. The van der Waals surface area contributed by atoms with Gasteiger partial charge in [0.05, 0.1) is 6.04 Å². The highest BCUT2D eigenvalue weighted by Crippen LogP contribution is 2.44. The van der Waals surface area contributed by atoms with Crippen LogP contribution in [0.2, 0.25) is 0 Å². The maximum absolute atomic E-state index is 10.7. The first-order valence-corrected chi connectivity index (χ1v) is 6.99. The first kappa shape index (κ1) is 18.4. The van der Waals surface area contributed by atoms with Crippen LogP contribution in [-0.2, 0) is 0 Å². The van der Waals surface area contributed by atoms with Crippen molar-refractivity contribution in [2.24, 2.45) is 0 Å². The van der Waals surface area contributed by atoms with E-state index in [1.165, 1.54) is 12.8 Å². The lowest BCUT2D eigenvalue weighted by Gasteiger charge is -2.45. The summed E-state index contributed by atoms with van der Waals surface area (Å²) in [4.78, 5) is 2.35. The highest BCUT2D eigenvalue weighted by molar-refractivity contribution is 5.85. The first-order valence-electron chi connectivity index (χ1n) is 6.99. The molecule has 1 aromatic rings. The van der Waals surface area contributed by atoms with Crippen molar-refractivity contribution in [1.82, 2.24) is 4.90 Å². The molecule has 2 aliphatic rings. The van der Waals surface area contributed by atoms with Gasteiger partial charge in [0.25, 0.3) is 0 Å². The Morgan fingerprint density at radius 1 is 1.24 bits per heavy atom. The highest BCUT2D eigenvalue weighted by Gasteiger charge is 2.45. The summed E-state index contributed by atoms with van der Waals surface area (Å²) in [7, 11) is 0. The lowest BCUT2D eigenvalue weighted by Crippen LogP contribution is -2.53. The van der Waals surface area contributed by atoms with E-state index in [1.54, 1.807) is 0 Å². The predicted molar refractivity (Wildman–Crippen MR) is 89.6 cm³/mol. The smallest absolute Gasteiger partial charge is 0.131 e. The Morgan fingerprint density at radius 2 is 1.86 bits per heavy atom. The van der Waals surface area contributed by atoms with Crippen LogP contribution in [0.25, 0.3) is 0 Å². The molecule has 2 atom stereocenters. The summed E-state index contributed by atoms with van der Waals surface area (Å²) in [5.74, 6) is 0.849. The second-order valence-corrected chi connectivity index (χ2v) is 6.14. The molecule has 0 spiro atoms. The molecule has 0 saturated carbocycles. The number of aliphatic hydroxyl groups excluding tert-OH is 1. The Balaban J connectivity index is 0.00000110. The molecule has 2 heterocycles. The van der Waals surface area contributed by atoms with Crippen molar-refractivity contribution in [2.75, 3.05) is 18.8 Å². The lowest BCUT2D eigenvalue weighted by atomic mass is 9.85. The SMILES string of the molecule is CC1(C)Oc2ccc(N)cc2[C@@H](N2CCCC2)[C@@H]1O.Cl.Cl. The van der Waals surface area contributed by atoms with Gasteiger partial charge in [-0.2, -0.15) is 0 Å². The predicted octanol–water partition coefficient (Wildman–Crippen LogP) is 2.78. The quantitative estimate of drug-likeness (QED) is 0.775. The number of nitrogen functional groups attached to an aromatic ring is 1. The number of hydrogen-bond acceptors (Lipinski definition) is 4. The molecule has 3 N–H and O–H groups in total. The van der Waals surface area contributed by atoms with Crippen LogP contribution in [0.5, 0.6) is 5.75 Å². The van der Waals surface area contributed by atoms with Gasteiger partial charge >= 0.3 is 0 Å². The Morgan fingerprint density at radius 3 is 2.48 bits per heavy atom. The minimum Gasteiger partial charge on any atom is -0.485 e. The zero-order valence-corrected chi connectivity index (χ0v) is 14.0. The number of likely N-dealkylation sites (tertiary alicyclic amines) is 1. The van der Waals surface area contributed by atoms with E-state index in [4.69, 9.17) is 10.5 Å². The molecule has 2 aliphatic heterocycles. The van der Waals surface area contributed by atoms with Crippen LogP contribution in [0, 0.1) is 0 Å². The van der Waals surface area contributed by atoms with Gasteiger partial charge < -0.3 is 15.6 Å². The van der Waals surface area contributed by atoms with Gasteiger partial charge in [0.15, 0.2) is 0 Å². The van der Waals surface area contributed by atoms with Crippen molar-refractivity contribution >= 4 is 30.5 Å². The third-order valence-electron chi connectivity index (χ3n) is 4.27. The number of benzene rings is 1. The second kappa shape index (κ2) is 6.61. The number of nitrogens with zero attached hydrogens (tertiary/aromatic N) is 1. The number of anilines is 1. The summed E-state index contributed by atoms with van der Waals surface area (Å²) in [5.41, 5.74) is 7.07. The van der Waals surface area contributed by atoms with Gasteiger partial charge in [-0.25, -0.2) is 0 Å². The number of rotatable bonds is 1. The summed E-state index contributed by atoms with van der Waals surface area (Å²) in [6, 6.07) is 5.70. The fourth-order valence-corrected chi connectivity index (χ4v) is 3.20. The van der Waals surface area contributed by atoms with Crippen molar-refractivity contribution in [2.45, 2.75) is 44.4 Å². The van der Waals surface area contributed by atoms with E-state index < -0.39 is 11.7 Å². The van der Waals surface area contributed by atoms with E-state index in [-0.39, 0.29) is 30.9 Å². The zero-order valence-electron chi connectivity index (χ0n) is 12.4. The summed E-state index contributed by atoms with van der Waals surface area (Å²) < 4.78 is 5.94. The van der Waals surface area contributed by atoms with Crippen LogP contribution >= 0.6 is 24.8 Å². The molecule has 0 amide bonds. The first-order chi connectivity index (χ1) is 8.99. The van der Waals surface area contributed by atoms with Gasteiger partial charge in [-0.3, -0.25) is 4.90 Å². The van der Waals surface area contributed by atoms with Gasteiger partial charge in [-0.05, 0) is 58.0 Å². The van der Waals surface area contributed by atoms with Gasteiger partial charge in [0.2, 0.25) is 0 Å². The summed E-state index contributed by atoms with van der Waals surface area (Å²) in [5, 5.41) is 10.7.